The van der Waals surface area contributed by atoms with Gasteiger partial charge >= 0.3 is 0 Å². The van der Waals surface area contributed by atoms with Crippen LogP contribution in [0.1, 0.15) is 48.6 Å². The van der Waals surface area contributed by atoms with Crippen LogP contribution in [0, 0.1) is 5.92 Å². The minimum atomic E-state index is -0.390. The number of anilines is 1. The van der Waals surface area contributed by atoms with Crippen LogP contribution in [0.3, 0.4) is 0 Å². The minimum Gasteiger partial charge on any atom is -0.342 e. The molecule has 2 amide bonds. The van der Waals surface area contributed by atoms with Crippen molar-refractivity contribution in [3.05, 3.63) is 69.5 Å². The minimum absolute atomic E-state index is 0.0429. The Morgan fingerprint density at radius 3 is 2.50 bits per heavy atom. The van der Waals surface area contributed by atoms with Gasteiger partial charge in [0.15, 0.2) is 11.0 Å². The maximum Gasteiger partial charge on any atom is 0.251 e. The fourth-order valence-electron chi connectivity index (χ4n) is 3.38. The molecule has 180 valence electrons. The first-order valence-electron chi connectivity index (χ1n) is 10.9. The van der Waals surface area contributed by atoms with Crippen LogP contribution in [0.15, 0.2) is 47.6 Å². The molecule has 0 aliphatic heterocycles. The number of para-hydroxylation sites is 1. The Bertz CT molecular complexity index is 1180. The van der Waals surface area contributed by atoms with Crippen molar-refractivity contribution < 1.29 is 9.59 Å². The van der Waals surface area contributed by atoms with Gasteiger partial charge in [-0.25, -0.2) is 0 Å². The fraction of sp³-hybridized carbons (Fsp3) is 0.333. The first kappa shape index (κ1) is 26.1. The van der Waals surface area contributed by atoms with Crippen molar-refractivity contribution in [2.75, 3.05) is 11.1 Å². The summed E-state index contributed by atoms with van der Waals surface area (Å²) in [6, 6.07) is 12.1. The molecular weight excluding hydrogens is 493 g/mol. The number of carbonyl (C=O) groups is 2. The molecule has 0 saturated carbocycles. The first-order chi connectivity index (χ1) is 16.2. The maximum atomic E-state index is 12.8. The molecule has 0 saturated heterocycles. The van der Waals surface area contributed by atoms with E-state index in [2.05, 4.69) is 20.8 Å². The summed E-state index contributed by atoms with van der Waals surface area (Å²) < 4.78 is 1.80. The van der Waals surface area contributed by atoms with Crippen LogP contribution in [0.4, 0.5) is 5.69 Å². The van der Waals surface area contributed by atoms with Gasteiger partial charge in [0.2, 0.25) is 5.91 Å². The number of halogens is 2. The number of hydrogen-bond donors (Lipinski definition) is 2. The van der Waals surface area contributed by atoms with E-state index in [4.69, 9.17) is 23.2 Å². The Labute approximate surface area is 213 Å². The molecule has 0 radical (unpaired) electrons. The Kier molecular flexibility index (Phi) is 8.99. The van der Waals surface area contributed by atoms with Gasteiger partial charge in [0, 0.05) is 18.3 Å². The van der Waals surface area contributed by atoms with Crippen molar-refractivity contribution in [1.29, 1.82) is 0 Å². The predicted molar refractivity (Wildman–Crippen MR) is 138 cm³/mol. The number of rotatable bonds is 9. The second-order valence-electron chi connectivity index (χ2n) is 8.07. The average molecular weight is 520 g/mol. The second kappa shape index (κ2) is 11.7. The lowest BCUT2D eigenvalue weighted by atomic mass is 10.0. The summed E-state index contributed by atoms with van der Waals surface area (Å²) in [5.41, 5.74) is 2.30. The van der Waals surface area contributed by atoms with E-state index in [-0.39, 0.29) is 29.5 Å². The van der Waals surface area contributed by atoms with Gasteiger partial charge in [-0.1, -0.05) is 73.9 Å². The molecule has 0 aliphatic carbocycles. The molecule has 2 aromatic carbocycles. The Morgan fingerprint density at radius 1 is 1.09 bits per heavy atom. The highest BCUT2D eigenvalue weighted by atomic mass is 35.5. The van der Waals surface area contributed by atoms with E-state index in [0.29, 0.717) is 26.6 Å². The number of nitrogens with one attached hydrogen (secondary N) is 2. The number of aryl methyl sites for hydroxylation is 1. The summed E-state index contributed by atoms with van der Waals surface area (Å²) >= 11 is 13.3. The van der Waals surface area contributed by atoms with Crippen molar-refractivity contribution in [3.8, 4) is 0 Å². The lowest BCUT2D eigenvalue weighted by Gasteiger charge is -2.22. The molecule has 0 fully saturated rings. The van der Waals surface area contributed by atoms with E-state index < -0.39 is 0 Å². The zero-order valence-corrected chi connectivity index (χ0v) is 21.8. The zero-order chi connectivity index (χ0) is 24.8. The molecule has 10 heteroatoms. The van der Waals surface area contributed by atoms with E-state index in [0.717, 1.165) is 17.7 Å². The van der Waals surface area contributed by atoms with E-state index in [9.17, 15) is 9.59 Å². The Hall–Kier alpha value is -2.55. The lowest BCUT2D eigenvalue weighted by Crippen LogP contribution is -2.33. The molecular formula is C24H27Cl2N5O2S. The third-order valence-corrected chi connectivity index (χ3v) is 7.05. The van der Waals surface area contributed by atoms with Crippen LogP contribution in [0.5, 0.6) is 0 Å². The molecule has 34 heavy (non-hydrogen) atoms. The molecule has 1 heterocycles. The smallest absolute Gasteiger partial charge is 0.251 e. The predicted octanol–water partition coefficient (Wildman–Crippen LogP) is 5.54. The van der Waals surface area contributed by atoms with Crippen LogP contribution in [0.2, 0.25) is 10.0 Å². The van der Waals surface area contributed by atoms with Crippen LogP contribution in [-0.4, -0.2) is 32.3 Å². The summed E-state index contributed by atoms with van der Waals surface area (Å²) in [6.07, 6.45) is 0.834. The SMILES string of the molecule is CCc1ccccc1NC(=O)CSc1nnc([C@H](NC(=O)c2ccc(Cl)c(Cl)c2)C(C)C)n1C. The van der Waals surface area contributed by atoms with Crippen LogP contribution < -0.4 is 10.6 Å². The number of thioether (sulfide) groups is 1. The third-order valence-electron chi connectivity index (χ3n) is 5.29. The molecule has 2 N–H and O–H groups in total. The summed E-state index contributed by atoms with van der Waals surface area (Å²) in [5, 5.41) is 15.8. The van der Waals surface area contributed by atoms with Gasteiger partial charge in [0.25, 0.3) is 5.91 Å². The molecule has 3 rings (SSSR count). The van der Waals surface area contributed by atoms with Crippen molar-refractivity contribution in [2.24, 2.45) is 13.0 Å². The van der Waals surface area contributed by atoms with Crippen molar-refractivity contribution in [3.63, 3.8) is 0 Å². The summed E-state index contributed by atoms with van der Waals surface area (Å²) in [4.78, 5) is 25.3. The molecule has 0 spiro atoms. The average Bonchev–Trinajstić information content (AvgIpc) is 3.17. The van der Waals surface area contributed by atoms with Crippen molar-refractivity contribution >= 4 is 52.5 Å². The summed E-state index contributed by atoms with van der Waals surface area (Å²) in [7, 11) is 1.82. The third kappa shape index (κ3) is 6.31. The van der Waals surface area contributed by atoms with Crippen molar-refractivity contribution in [2.45, 2.75) is 38.4 Å². The number of amides is 2. The number of hydrogen-bond acceptors (Lipinski definition) is 5. The monoisotopic (exact) mass is 519 g/mol. The molecule has 0 unspecified atom stereocenters. The highest BCUT2D eigenvalue weighted by Gasteiger charge is 2.25. The van der Waals surface area contributed by atoms with E-state index in [1.807, 2.05) is 52.1 Å². The second-order valence-corrected chi connectivity index (χ2v) is 9.83. The lowest BCUT2D eigenvalue weighted by molar-refractivity contribution is -0.113. The van der Waals surface area contributed by atoms with Gasteiger partial charge in [-0.15, -0.1) is 10.2 Å². The topological polar surface area (TPSA) is 88.9 Å². The van der Waals surface area contributed by atoms with Gasteiger partial charge in [-0.05, 0) is 42.2 Å². The molecule has 3 aromatic rings. The van der Waals surface area contributed by atoms with E-state index >= 15 is 0 Å². The standard InChI is InChI=1S/C24H27Cl2N5O2S/c1-5-15-8-6-7-9-19(15)27-20(32)13-34-24-30-29-22(31(24)4)21(14(2)3)28-23(33)16-10-11-17(25)18(26)12-16/h6-12,14,21H,5,13H2,1-4H3,(H,27,32)(H,28,33)/t21-/m1/s1. The zero-order valence-electron chi connectivity index (χ0n) is 19.4. The van der Waals surface area contributed by atoms with Gasteiger partial charge in [0.05, 0.1) is 21.8 Å². The van der Waals surface area contributed by atoms with E-state index in [1.54, 1.807) is 16.7 Å². The number of aromatic nitrogens is 3. The molecule has 1 aromatic heterocycles. The highest BCUT2D eigenvalue weighted by Crippen LogP contribution is 2.26. The van der Waals surface area contributed by atoms with Crippen LogP contribution in [-0.2, 0) is 18.3 Å². The quantitative estimate of drug-likeness (QED) is 0.362. The van der Waals surface area contributed by atoms with Gasteiger partial charge in [-0.3, -0.25) is 9.59 Å². The molecule has 1 atom stereocenters. The summed E-state index contributed by atoms with van der Waals surface area (Å²) in [6.45, 7) is 6.02. The van der Waals surface area contributed by atoms with Gasteiger partial charge in [0.1, 0.15) is 0 Å². The van der Waals surface area contributed by atoms with Crippen LogP contribution in [0.25, 0.3) is 0 Å². The van der Waals surface area contributed by atoms with Crippen molar-refractivity contribution in [1.82, 2.24) is 20.1 Å². The van der Waals surface area contributed by atoms with Gasteiger partial charge in [-0.2, -0.15) is 0 Å². The summed E-state index contributed by atoms with van der Waals surface area (Å²) in [5.74, 6) is 0.419. The largest absolute Gasteiger partial charge is 0.342 e. The molecule has 0 aliphatic rings. The molecule has 0 bridgehead atoms. The molecule has 7 nitrogen and oxygen atoms in total. The van der Waals surface area contributed by atoms with E-state index in [1.165, 1.54) is 17.8 Å². The Balaban J connectivity index is 1.68. The number of benzene rings is 2. The normalized spacial score (nSPS) is 12.0. The van der Waals surface area contributed by atoms with Crippen LogP contribution >= 0.6 is 35.0 Å². The first-order valence-corrected chi connectivity index (χ1v) is 12.6. The Morgan fingerprint density at radius 2 is 1.82 bits per heavy atom. The highest BCUT2D eigenvalue weighted by molar-refractivity contribution is 7.99. The number of nitrogens with zero attached hydrogens (tertiary/aromatic N) is 3. The number of carbonyl (C=O) groups excluding carboxylic acids is 2. The van der Waals surface area contributed by atoms with Gasteiger partial charge < -0.3 is 15.2 Å². The maximum absolute atomic E-state index is 12.8. The fourth-order valence-corrected chi connectivity index (χ4v) is 4.40.